The van der Waals surface area contributed by atoms with Gasteiger partial charge in [-0.05, 0) is 27.7 Å². The Morgan fingerprint density at radius 2 is 1.65 bits per heavy atom. The first-order chi connectivity index (χ1) is 9.25. The molecule has 2 atom stereocenters. The number of aryl methyl sites for hydroxylation is 2. The van der Waals surface area contributed by atoms with Gasteiger partial charge < -0.3 is 9.80 Å². The molecule has 0 radical (unpaired) electrons. The first kappa shape index (κ1) is 14.6. The van der Waals surface area contributed by atoms with Gasteiger partial charge in [-0.15, -0.1) is 0 Å². The van der Waals surface area contributed by atoms with Gasteiger partial charge in [-0.25, -0.2) is 0 Å². The molecule has 1 fully saturated rings. The van der Waals surface area contributed by atoms with Crippen LogP contribution in [0.5, 0.6) is 0 Å². The van der Waals surface area contributed by atoms with Crippen molar-refractivity contribution in [2.75, 3.05) is 7.05 Å². The van der Waals surface area contributed by atoms with E-state index in [-0.39, 0.29) is 11.8 Å². The van der Waals surface area contributed by atoms with E-state index < -0.39 is 12.1 Å². The Labute approximate surface area is 119 Å². The zero-order valence-corrected chi connectivity index (χ0v) is 13.0. The molecule has 0 aromatic carbocycles. The van der Waals surface area contributed by atoms with E-state index in [2.05, 4.69) is 5.10 Å². The van der Waals surface area contributed by atoms with E-state index in [4.69, 9.17) is 0 Å². The number of carbonyl (C=O) groups is 2. The standard InChI is InChI=1S/C14H22N4O2/c1-8-12(9(2)17(6)15-8)7-18-11(4)13(19)16(5)10(3)14(18)20/h10-11H,7H2,1-6H3/t10-,11-/m0/s1. The second-order valence-corrected chi connectivity index (χ2v) is 5.54. The maximum absolute atomic E-state index is 12.4. The van der Waals surface area contributed by atoms with Crippen molar-refractivity contribution in [3.8, 4) is 0 Å². The summed E-state index contributed by atoms with van der Waals surface area (Å²) in [5, 5.41) is 4.36. The average molecular weight is 278 g/mol. The number of nitrogens with zero attached hydrogens (tertiary/aromatic N) is 4. The number of aromatic nitrogens is 2. The molecule has 0 saturated carbocycles. The van der Waals surface area contributed by atoms with Gasteiger partial charge in [0, 0.05) is 25.4 Å². The molecule has 110 valence electrons. The highest BCUT2D eigenvalue weighted by Crippen LogP contribution is 2.22. The van der Waals surface area contributed by atoms with Gasteiger partial charge in [-0.2, -0.15) is 5.10 Å². The van der Waals surface area contributed by atoms with Crippen LogP contribution in [0.25, 0.3) is 0 Å². The molecule has 2 amide bonds. The van der Waals surface area contributed by atoms with Crippen LogP contribution in [0.4, 0.5) is 0 Å². The van der Waals surface area contributed by atoms with Crippen LogP contribution in [-0.4, -0.2) is 50.5 Å². The van der Waals surface area contributed by atoms with Crippen molar-refractivity contribution in [1.29, 1.82) is 0 Å². The SMILES string of the molecule is Cc1nn(C)c(C)c1CN1C(=O)[C@H](C)N(C)C(=O)[C@@H]1C. The van der Waals surface area contributed by atoms with Gasteiger partial charge in [-0.1, -0.05) is 0 Å². The van der Waals surface area contributed by atoms with E-state index in [1.54, 1.807) is 30.5 Å². The summed E-state index contributed by atoms with van der Waals surface area (Å²) < 4.78 is 1.81. The summed E-state index contributed by atoms with van der Waals surface area (Å²) in [5.74, 6) is -0.0291. The third-order valence-electron chi connectivity index (χ3n) is 4.38. The summed E-state index contributed by atoms with van der Waals surface area (Å²) >= 11 is 0. The summed E-state index contributed by atoms with van der Waals surface area (Å²) in [7, 11) is 3.56. The lowest BCUT2D eigenvalue weighted by Crippen LogP contribution is -2.61. The lowest BCUT2D eigenvalue weighted by molar-refractivity contribution is -0.159. The van der Waals surface area contributed by atoms with Crippen molar-refractivity contribution < 1.29 is 9.59 Å². The molecule has 2 rings (SSSR count). The Kier molecular flexibility index (Phi) is 3.58. The van der Waals surface area contributed by atoms with Crippen molar-refractivity contribution in [2.24, 2.45) is 7.05 Å². The van der Waals surface area contributed by atoms with Crippen LogP contribution in [0.1, 0.15) is 30.8 Å². The van der Waals surface area contributed by atoms with Gasteiger partial charge in [0.15, 0.2) is 0 Å². The van der Waals surface area contributed by atoms with E-state index in [1.807, 2.05) is 20.9 Å². The largest absolute Gasteiger partial charge is 0.332 e. The van der Waals surface area contributed by atoms with E-state index in [1.165, 1.54) is 4.90 Å². The highest BCUT2D eigenvalue weighted by molar-refractivity contribution is 5.96. The molecule has 0 spiro atoms. The van der Waals surface area contributed by atoms with E-state index in [0.29, 0.717) is 6.54 Å². The molecule has 2 heterocycles. The zero-order chi connectivity index (χ0) is 15.2. The topological polar surface area (TPSA) is 58.4 Å². The quantitative estimate of drug-likeness (QED) is 0.796. The molecule has 0 bridgehead atoms. The van der Waals surface area contributed by atoms with E-state index in [0.717, 1.165) is 17.0 Å². The molecule has 1 saturated heterocycles. The predicted molar refractivity (Wildman–Crippen MR) is 74.9 cm³/mol. The van der Waals surface area contributed by atoms with Crippen LogP contribution in [0.15, 0.2) is 0 Å². The Hall–Kier alpha value is -1.85. The lowest BCUT2D eigenvalue weighted by Gasteiger charge is -2.41. The number of carbonyl (C=O) groups excluding carboxylic acids is 2. The number of rotatable bonds is 2. The highest BCUT2D eigenvalue weighted by atomic mass is 16.2. The predicted octanol–water partition coefficient (Wildman–Crippen LogP) is 0.615. The van der Waals surface area contributed by atoms with Crippen molar-refractivity contribution in [3.63, 3.8) is 0 Å². The summed E-state index contributed by atoms with van der Waals surface area (Å²) in [5.41, 5.74) is 2.96. The number of hydrogen-bond acceptors (Lipinski definition) is 3. The van der Waals surface area contributed by atoms with Crippen LogP contribution >= 0.6 is 0 Å². The number of likely N-dealkylation sites (N-methyl/N-ethyl adjacent to an activating group) is 1. The smallest absolute Gasteiger partial charge is 0.246 e. The first-order valence-corrected chi connectivity index (χ1v) is 6.82. The normalized spacial score (nSPS) is 23.7. The number of amides is 2. The zero-order valence-electron chi connectivity index (χ0n) is 13.0. The maximum atomic E-state index is 12.4. The van der Waals surface area contributed by atoms with Gasteiger partial charge >= 0.3 is 0 Å². The molecule has 0 N–H and O–H groups in total. The van der Waals surface area contributed by atoms with Crippen LogP contribution in [0, 0.1) is 13.8 Å². The Morgan fingerprint density at radius 1 is 1.05 bits per heavy atom. The molecule has 1 aliphatic heterocycles. The summed E-state index contributed by atoms with van der Waals surface area (Å²) in [6.07, 6.45) is 0. The molecule has 1 aliphatic rings. The van der Waals surface area contributed by atoms with Gasteiger partial charge in [0.25, 0.3) is 0 Å². The Morgan fingerprint density at radius 3 is 2.15 bits per heavy atom. The second-order valence-electron chi connectivity index (χ2n) is 5.54. The van der Waals surface area contributed by atoms with E-state index >= 15 is 0 Å². The molecule has 20 heavy (non-hydrogen) atoms. The fourth-order valence-electron chi connectivity index (χ4n) is 2.65. The van der Waals surface area contributed by atoms with Gasteiger partial charge in [-0.3, -0.25) is 14.3 Å². The second kappa shape index (κ2) is 4.92. The third kappa shape index (κ3) is 2.09. The van der Waals surface area contributed by atoms with Gasteiger partial charge in [0.2, 0.25) is 11.8 Å². The highest BCUT2D eigenvalue weighted by Gasteiger charge is 2.40. The minimum atomic E-state index is -0.428. The molecular weight excluding hydrogens is 256 g/mol. The molecule has 1 aromatic heterocycles. The molecule has 0 unspecified atom stereocenters. The van der Waals surface area contributed by atoms with Crippen molar-refractivity contribution in [3.05, 3.63) is 17.0 Å². The van der Waals surface area contributed by atoms with Crippen LogP contribution in [0.2, 0.25) is 0 Å². The molecule has 6 nitrogen and oxygen atoms in total. The number of hydrogen-bond donors (Lipinski definition) is 0. The van der Waals surface area contributed by atoms with Gasteiger partial charge in [0.1, 0.15) is 12.1 Å². The first-order valence-electron chi connectivity index (χ1n) is 6.82. The summed E-state index contributed by atoms with van der Waals surface area (Å²) in [6, 6.07) is -0.835. The minimum absolute atomic E-state index is 0.0118. The fraction of sp³-hybridized carbons (Fsp3) is 0.643. The molecule has 6 heteroatoms. The molecule has 0 aliphatic carbocycles. The van der Waals surface area contributed by atoms with E-state index in [9.17, 15) is 9.59 Å². The van der Waals surface area contributed by atoms with Crippen molar-refractivity contribution in [2.45, 2.75) is 46.3 Å². The van der Waals surface area contributed by atoms with Crippen LogP contribution in [-0.2, 0) is 23.2 Å². The van der Waals surface area contributed by atoms with Gasteiger partial charge in [0.05, 0.1) is 12.2 Å². The maximum Gasteiger partial charge on any atom is 0.246 e. The third-order valence-corrected chi connectivity index (χ3v) is 4.38. The lowest BCUT2D eigenvalue weighted by atomic mass is 10.1. The Balaban J connectivity index is 2.32. The van der Waals surface area contributed by atoms with Crippen LogP contribution in [0.3, 0.4) is 0 Å². The number of piperazine rings is 1. The molecule has 1 aromatic rings. The minimum Gasteiger partial charge on any atom is -0.332 e. The summed E-state index contributed by atoms with van der Waals surface area (Å²) in [4.78, 5) is 27.8. The fourth-order valence-corrected chi connectivity index (χ4v) is 2.65. The van der Waals surface area contributed by atoms with Crippen molar-refractivity contribution >= 4 is 11.8 Å². The monoisotopic (exact) mass is 278 g/mol. The average Bonchev–Trinajstić information content (AvgIpc) is 2.65. The molecular formula is C14H22N4O2. The van der Waals surface area contributed by atoms with Crippen LogP contribution < -0.4 is 0 Å². The Bertz CT molecular complexity index is 564. The summed E-state index contributed by atoms with van der Waals surface area (Å²) in [6.45, 7) is 7.89. The van der Waals surface area contributed by atoms with Crippen molar-refractivity contribution in [1.82, 2.24) is 19.6 Å².